The molecule has 0 heterocycles. The molecule has 11 heavy (non-hydrogen) atoms. The first-order chi connectivity index (χ1) is 5.16. The molecule has 0 amide bonds. The van der Waals surface area contributed by atoms with Crippen LogP contribution in [0.3, 0.4) is 0 Å². The van der Waals surface area contributed by atoms with Gasteiger partial charge in [0.1, 0.15) is 5.75 Å². The lowest BCUT2D eigenvalue weighted by Gasteiger charge is -2.03. The maximum atomic E-state index is 9.30. The van der Waals surface area contributed by atoms with Crippen LogP contribution in [0, 0.1) is 5.41 Å². The summed E-state index contributed by atoms with van der Waals surface area (Å²) in [6, 6.07) is 3.27. The highest BCUT2D eigenvalue weighted by molar-refractivity contribution is 9.10. The van der Waals surface area contributed by atoms with Crippen LogP contribution in [0.2, 0.25) is 0 Å². The van der Waals surface area contributed by atoms with Gasteiger partial charge in [-0.15, -0.1) is 0 Å². The minimum Gasteiger partial charge on any atom is -0.506 e. The maximum Gasteiger partial charge on any atom is 0.140 e. The SMILES string of the molecule is N=Cc1c(N)ccc(Br)c1O. The van der Waals surface area contributed by atoms with Gasteiger partial charge in [-0.2, -0.15) is 0 Å². The summed E-state index contributed by atoms with van der Waals surface area (Å²) in [4.78, 5) is 0. The highest BCUT2D eigenvalue weighted by Gasteiger charge is 2.05. The van der Waals surface area contributed by atoms with Gasteiger partial charge in [-0.05, 0) is 28.1 Å². The second kappa shape index (κ2) is 2.92. The fourth-order valence-electron chi connectivity index (χ4n) is 0.749. The van der Waals surface area contributed by atoms with Crippen molar-refractivity contribution in [3.63, 3.8) is 0 Å². The molecule has 0 fully saturated rings. The molecule has 0 aliphatic carbocycles. The van der Waals surface area contributed by atoms with Crippen molar-refractivity contribution in [2.24, 2.45) is 0 Å². The molecule has 0 radical (unpaired) electrons. The molecule has 0 saturated heterocycles. The first kappa shape index (κ1) is 8.07. The van der Waals surface area contributed by atoms with Crippen LogP contribution in [0.5, 0.6) is 5.75 Å². The Bertz CT molecular complexity index is 299. The lowest BCUT2D eigenvalue weighted by molar-refractivity contribution is 0.471. The molecule has 0 atom stereocenters. The van der Waals surface area contributed by atoms with E-state index >= 15 is 0 Å². The van der Waals surface area contributed by atoms with E-state index in [0.717, 1.165) is 6.21 Å². The zero-order valence-electron chi connectivity index (χ0n) is 5.63. The summed E-state index contributed by atoms with van der Waals surface area (Å²) in [5.74, 6) is 0.0139. The van der Waals surface area contributed by atoms with Crippen molar-refractivity contribution in [1.29, 1.82) is 5.41 Å². The summed E-state index contributed by atoms with van der Waals surface area (Å²) in [5, 5.41) is 16.2. The molecule has 0 aromatic heterocycles. The second-order valence-corrected chi connectivity index (χ2v) is 2.90. The number of phenols is 1. The number of nitrogens with one attached hydrogen (secondary N) is 1. The molecule has 0 bridgehead atoms. The van der Waals surface area contributed by atoms with Crippen molar-refractivity contribution in [3.05, 3.63) is 22.2 Å². The Kier molecular flexibility index (Phi) is 2.14. The van der Waals surface area contributed by atoms with E-state index in [9.17, 15) is 5.11 Å². The number of aromatic hydroxyl groups is 1. The molecule has 1 aromatic carbocycles. The van der Waals surface area contributed by atoms with Crippen molar-refractivity contribution in [2.45, 2.75) is 0 Å². The molecule has 1 aromatic rings. The molecule has 0 spiro atoms. The molecule has 4 N–H and O–H groups in total. The van der Waals surface area contributed by atoms with Crippen LogP contribution in [0.15, 0.2) is 16.6 Å². The van der Waals surface area contributed by atoms with Gasteiger partial charge < -0.3 is 16.2 Å². The third kappa shape index (κ3) is 1.35. The van der Waals surface area contributed by atoms with E-state index in [2.05, 4.69) is 15.9 Å². The van der Waals surface area contributed by atoms with E-state index in [0.29, 0.717) is 15.7 Å². The molecule has 0 unspecified atom stereocenters. The minimum atomic E-state index is 0.0139. The monoisotopic (exact) mass is 214 g/mol. The van der Waals surface area contributed by atoms with Crippen LogP contribution < -0.4 is 5.73 Å². The molecule has 1 rings (SSSR count). The summed E-state index contributed by atoms with van der Waals surface area (Å²) >= 11 is 3.11. The molecular formula is C7H7BrN2O. The fourth-order valence-corrected chi connectivity index (χ4v) is 1.09. The summed E-state index contributed by atoms with van der Waals surface area (Å²) < 4.78 is 0.546. The van der Waals surface area contributed by atoms with Crippen LogP contribution in [-0.4, -0.2) is 11.3 Å². The van der Waals surface area contributed by atoms with Crippen molar-refractivity contribution in [1.82, 2.24) is 0 Å². The predicted octanol–water partition coefficient (Wildman–Crippen LogP) is 1.73. The topological polar surface area (TPSA) is 70.1 Å². The highest BCUT2D eigenvalue weighted by Crippen LogP contribution is 2.30. The quantitative estimate of drug-likeness (QED) is 0.493. The molecule has 3 nitrogen and oxygen atoms in total. The van der Waals surface area contributed by atoms with Gasteiger partial charge in [0.25, 0.3) is 0 Å². The summed E-state index contributed by atoms with van der Waals surface area (Å²) in [6.07, 6.45) is 1.02. The molecule has 58 valence electrons. The van der Waals surface area contributed by atoms with Crippen LogP contribution in [0.4, 0.5) is 5.69 Å². The average molecular weight is 215 g/mol. The number of benzene rings is 1. The van der Waals surface area contributed by atoms with Gasteiger partial charge in [0.15, 0.2) is 0 Å². The van der Waals surface area contributed by atoms with E-state index in [-0.39, 0.29) is 5.75 Å². The van der Waals surface area contributed by atoms with Gasteiger partial charge in [-0.1, -0.05) is 0 Å². The lowest BCUT2D eigenvalue weighted by atomic mass is 10.2. The number of nitrogen functional groups attached to an aromatic ring is 1. The predicted molar refractivity (Wildman–Crippen MR) is 48.1 cm³/mol. The molecule has 0 saturated carbocycles. The third-order valence-electron chi connectivity index (χ3n) is 1.35. The normalized spacial score (nSPS) is 9.55. The minimum absolute atomic E-state index is 0.0139. The maximum absolute atomic E-state index is 9.30. The zero-order chi connectivity index (χ0) is 8.43. The highest BCUT2D eigenvalue weighted by atomic mass is 79.9. The van der Waals surface area contributed by atoms with E-state index in [1.807, 2.05) is 0 Å². The number of rotatable bonds is 1. The Hall–Kier alpha value is -1.03. The first-order valence-electron chi connectivity index (χ1n) is 2.94. The largest absolute Gasteiger partial charge is 0.506 e. The summed E-state index contributed by atoms with van der Waals surface area (Å²) in [6.45, 7) is 0. The van der Waals surface area contributed by atoms with Crippen molar-refractivity contribution < 1.29 is 5.11 Å². The second-order valence-electron chi connectivity index (χ2n) is 2.04. The first-order valence-corrected chi connectivity index (χ1v) is 3.73. The van der Waals surface area contributed by atoms with Crippen LogP contribution in [-0.2, 0) is 0 Å². The van der Waals surface area contributed by atoms with Gasteiger partial charge >= 0.3 is 0 Å². The molecule has 4 heteroatoms. The Morgan fingerprint density at radius 2 is 2.18 bits per heavy atom. The standard InChI is InChI=1S/C7H7BrN2O/c8-5-1-2-6(10)4(3-9)7(5)11/h1-3,9,11H,10H2. The molecule has 0 aliphatic rings. The van der Waals surface area contributed by atoms with Crippen molar-refractivity contribution in [2.75, 3.05) is 5.73 Å². The van der Waals surface area contributed by atoms with E-state index in [1.54, 1.807) is 12.1 Å². The van der Waals surface area contributed by atoms with Gasteiger partial charge in [0.05, 0.1) is 10.0 Å². The summed E-state index contributed by atoms with van der Waals surface area (Å²) in [5.41, 5.74) is 6.22. The van der Waals surface area contributed by atoms with Gasteiger partial charge in [0, 0.05) is 11.9 Å². The number of nitrogens with two attached hydrogens (primary N) is 1. The molecule has 0 aliphatic heterocycles. The van der Waals surface area contributed by atoms with Crippen LogP contribution >= 0.6 is 15.9 Å². The number of hydrogen-bond donors (Lipinski definition) is 3. The fraction of sp³-hybridized carbons (Fsp3) is 0. The van der Waals surface area contributed by atoms with Gasteiger partial charge in [-0.25, -0.2) is 0 Å². The lowest BCUT2D eigenvalue weighted by Crippen LogP contribution is -1.92. The van der Waals surface area contributed by atoms with E-state index in [4.69, 9.17) is 11.1 Å². The smallest absolute Gasteiger partial charge is 0.140 e. The number of phenolic OH excluding ortho intramolecular Hbond substituents is 1. The van der Waals surface area contributed by atoms with Crippen molar-refractivity contribution >= 4 is 27.8 Å². The number of hydrogen-bond acceptors (Lipinski definition) is 3. The van der Waals surface area contributed by atoms with E-state index in [1.165, 1.54) is 0 Å². The van der Waals surface area contributed by atoms with Gasteiger partial charge in [0.2, 0.25) is 0 Å². The van der Waals surface area contributed by atoms with Gasteiger partial charge in [-0.3, -0.25) is 0 Å². The Morgan fingerprint density at radius 1 is 1.55 bits per heavy atom. The Labute approximate surface area is 72.5 Å². The average Bonchev–Trinajstić information content (AvgIpc) is 1.99. The Morgan fingerprint density at radius 3 is 2.64 bits per heavy atom. The number of anilines is 1. The summed E-state index contributed by atoms with van der Waals surface area (Å²) in [7, 11) is 0. The van der Waals surface area contributed by atoms with E-state index < -0.39 is 0 Å². The number of halogens is 1. The Balaban J connectivity index is 3.40. The van der Waals surface area contributed by atoms with Crippen molar-refractivity contribution in [3.8, 4) is 5.75 Å². The third-order valence-corrected chi connectivity index (χ3v) is 1.99. The zero-order valence-corrected chi connectivity index (χ0v) is 7.22. The van der Waals surface area contributed by atoms with Crippen LogP contribution in [0.25, 0.3) is 0 Å². The van der Waals surface area contributed by atoms with Crippen LogP contribution in [0.1, 0.15) is 5.56 Å². The molecular weight excluding hydrogens is 208 g/mol.